The Balaban J connectivity index is 2.10. The Bertz CT molecular complexity index is 743. The Labute approximate surface area is 134 Å². The van der Waals surface area contributed by atoms with Crippen molar-refractivity contribution in [2.24, 2.45) is 5.41 Å². The summed E-state index contributed by atoms with van der Waals surface area (Å²) in [7, 11) is 0. The first-order valence-electron chi connectivity index (χ1n) is 6.82. The van der Waals surface area contributed by atoms with Gasteiger partial charge in [-0.05, 0) is 44.5 Å². The van der Waals surface area contributed by atoms with Gasteiger partial charge in [0, 0.05) is 11.9 Å². The van der Waals surface area contributed by atoms with Crippen molar-refractivity contribution in [3.63, 3.8) is 0 Å². The number of amides is 1. The highest BCUT2D eigenvalue weighted by Gasteiger charge is 2.28. The third-order valence-corrected chi connectivity index (χ3v) is 3.57. The van der Waals surface area contributed by atoms with E-state index >= 15 is 0 Å². The van der Waals surface area contributed by atoms with Crippen molar-refractivity contribution in [3.8, 4) is 6.07 Å². The van der Waals surface area contributed by atoms with Gasteiger partial charge in [-0.2, -0.15) is 10.4 Å². The van der Waals surface area contributed by atoms with Crippen LogP contribution in [0.1, 0.15) is 25.0 Å². The van der Waals surface area contributed by atoms with E-state index in [4.69, 9.17) is 16.9 Å². The molecule has 0 aliphatic rings. The summed E-state index contributed by atoms with van der Waals surface area (Å²) in [5, 5.41) is 16.4. The molecule has 6 heteroatoms. The van der Waals surface area contributed by atoms with Gasteiger partial charge in [0.1, 0.15) is 0 Å². The highest BCUT2D eigenvalue weighted by Crippen LogP contribution is 2.23. The second kappa shape index (κ2) is 6.20. The Kier molecular flexibility index (Phi) is 4.53. The van der Waals surface area contributed by atoms with Crippen LogP contribution in [0, 0.1) is 23.7 Å². The molecule has 1 amide bonds. The normalized spacial score (nSPS) is 11.0. The lowest BCUT2D eigenvalue weighted by Gasteiger charge is -2.23. The van der Waals surface area contributed by atoms with Gasteiger partial charge in [0.15, 0.2) is 0 Å². The summed E-state index contributed by atoms with van der Waals surface area (Å²) in [6, 6.07) is 7.32. The maximum atomic E-state index is 12.5. The number of nitrogens with one attached hydrogen (secondary N) is 1. The smallest absolute Gasteiger partial charge is 0.231 e. The number of benzene rings is 1. The van der Waals surface area contributed by atoms with Gasteiger partial charge < -0.3 is 5.32 Å². The molecule has 0 aliphatic heterocycles. The molecule has 2 rings (SSSR count). The number of nitriles is 1. The number of carbonyl (C=O) groups excluding carboxylic acids is 1. The van der Waals surface area contributed by atoms with Crippen LogP contribution >= 0.6 is 11.6 Å². The van der Waals surface area contributed by atoms with Crippen molar-refractivity contribution in [3.05, 3.63) is 46.7 Å². The number of nitrogens with zero attached hydrogens (tertiary/aromatic N) is 3. The number of hydrogen-bond donors (Lipinski definition) is 1. The van der Waals surface area contributed by atoms with Crippen LogP contribution in [0.3, 0.4) is 0 Å². The van der Waals surface area contributed by atoms with Crippen LogP contribution in [0.4, 0.5) is 5.69 Å². The third-order valence-electron chi connectivity index (χ3n) is 3.38. The van der Waals surface area contributed by atoms with E-state index in [1.54, 1.807) is 35.3 Å². The summed E-state index contributed by atoms with van der Waals surface area (Å²) in [6.07, 6.45) is 3.22. The molecule has 0 fully saturated rings. The number of carbonyl (C=O) groups is 1. The second-order valence-corrected chi connectivity index (χ2v) is 6.27. The van der Waals surface area contributed by atoms with Crippen LogP contribution in [0.15, 0.2) is 30.6 Å². The molecule has 0 atom stereocenters. The Morgan fingerprint density at radius 3 is 2.77 bits per heavy atom. The molecule has 22 heavy (non-hydrogen) atoms. The third kappa shape index (κ3) is 3.66. The molecule has 1 heterocycles. The molecule has 114 valence electrons. The van der Waals surface area contributed by atoms with Crippen molar-refractivity contribution >= 4 is 23.2 Å². The summed E-state index contributed by atoms with van der Waals surface area (Å²) < 4.78 is 1.64. The molecule has 0 bridgehead atoms. The minimum atomic E-state index is -0.656. The predicted molar refractivity (Wildman–Crippen MR) is 85.5 cm³/mol. The van der Waals surface area contributed by atoms with Crippen molar-refractivity contribution in [1.82, 2.24) is 9.78 Å². The molecule has 1 aromatic heterocycles. The van der Waals surface area contributed by atoms with E-state index in [-0.39, 0.29) is 5.91 Å². The fourth-order valence-corrected chi connectivity index (χ4v) is 2.23. The molecule has 1 aromatic carbocycles. The fourth-order valence-electron chi connectivity index (χ4n) is 2.07. The van der Waals surface area contributed by atoms with Gasteiger partial charge in [-0.25, -0.2) is 0 Å². The van der Waals surface area contributed by atoms with Gasteiger partial charge in [0.2, 0.25) is 5.91 Å². The predicted octanol–water partition coefficient (Wildman–Crippen LogP) is 3.38. The molecule has 0 saturated carbocycles. The van der Waals surface area contributed by atoms with Gasteiger partial charge in [-0.15, -0.1) is 0 Å². The summed E-state index contributed by atoms with van der Waals surface area (Å²) >= 11 is 5.83. The monoisotopic (exact) mass is 316 g/mol. The Morgan fingerprint density at radius 2 is 2.23 bits per heavy atom. The quantitative estimate of drug-likeness (QED) is 0.940. The molecule has 0 unspecified atom stereocenters. The summed E-state index contributed by atoms with van der Waals surface area (Å²) in [6.45, 7) is 5.94. The second-order valence-electron chi connectivity index (χ2n) is 5.84. The lowest BCUT2D eigenvalue weighted by molar-refractivity contribution is -0.124. The number of hydrogen-bond acceptors (Lipinski definition) is 3. The zero-order valence-electron chi connectivity index (χ0n) is 12.7. The summed E-state index contributed by atoms with van der Waals surface area (Å²) in [5.41, 5.74) is 1.45. The average Bonchev–Trinajstić information content (AvgIpc) is 2.83. The number of anilines is 1. The van der Waals surface area contributed by atoms with Crippen molar-refractivity contribution < 1.29 is 4.79 Å². The van der Waals surface area contributed by atoms with Gasteiger partial charge in [-0.3, -0.25) is 9.48 Å². The van der Waals surface area contributed by atoms with Crippen LogP contribution in [0.5, 0.6) is 0 Å². The maximum absolute atomic E-state index is 12.5. The van der Waals surface area contributed by atoms with Crippen LogP contribution in [-0.2, 0) is 11.3 Å². The van der Waals surface area contributed by atoms with E-state index in [9.17, 15) is 4.79 Å². The van der Waals surface area contributed by atoms with Crippen molar-refractivity contribution in [2.75, 3.05) is 5.32 Å². The van der Waals surface area contributed by atoms with E-state index < -0.39 is 5.41 Å². The average molecular weight is 317 g/mol. The number of rotatable bonds is 4. The summed E-state index contributed by atoms with van der Waals surface area (Å²) in [4.78, 5) is 12.5. The van der Waals surface area contributed by atoms with Crippen LogP contribution in [0.25, 0.3) is 0 Å². The maximum Gasteiger partial charge on any atom is 0.231 e. The first-order chi connectivity index (χ1) is 10.3. The zero-order chi connectivity index (χ0) is 16.3. The largest absolute Gasteiger partial charge is 0.326 e. The van der Waals surface area contributed by atoms with Crippen LogP contribution < -0.4 is 5.32 Å². The molecule has 1 N–H and O–H groups in total. The SMILES string of the molecule is Cc1cc(NC(=O)C(C)(C)Cn2cc(Cl)cn2)ccc1C#N. The highest BCUT2D eigenvalue weighted by atomic mass is 35.5. The van der Waals surface area contributed by atoms with Gasteiger partial charge in [0.25, 0.3) is 0 Å². The molecule has 5 nitrogen and oxygen atoms in total. The molecule has 0 aliphatic carbocycles. The van der Waals surface area contributed by atoms with Crippen molar-refractivity contribution in [2.45, 2.75) is 27.3 Å². The topological polar surface area (TPSA) is 70.7 Å². The summed E-state index contributed by atoms with van der Waals surface area (Å²) in [5.74, 6) is -0.122. The van der Waals surface area contributed by atoms with E-state index in [2.05, 4.69) is 16.5 Å². The first kappa shape index (κ1) is 16.1. The lowest BCUT2D eigenvalue weighted by Crippen LogP contribution is -2.34. The fraction of sp³-hybridized carbons (Fsp3) is 0.312. The van der Waals surface area contributed by atoms with E-state index in [0.29, 0.717) is 22.8 Å². The number of aryl methyl sites for hydroxylation is 1. The van der Waals surface area contributed by atoms with Crippen LogP contribution in [0.2, 0.25) is 5.02 Å². The van der Waals surface area contributed by atoms with Gasteiger partial charge >= 0.3 is 0 Å². The molecule has 0 saturated heterocycles. The Hall–Kier alpha value is -2.32. The lowest BCUT2D eigenvalue weighted by atomic mass is 9.92. The minimum absolute atomic E-state index is 0.122. The first-order valence-corrected chi connectivity index (χ1v) is 7.20. The molecular weight excluding hydrogens is 300 g/mol. The molecule has 0 radical (unpaired) electrons. The minimum Gasteiger partial charge on any atom is -0.326 e. The number of halogens is 1. The van der Waals surface area contributed by atoms with Gasteiger partial charge in [0.05, 0.1) is 34.8 Å². The Morgan fingerprint density at radius 1 is 1.50 bits per heavy atom. The van der Waals surface area contributed by atoms with E-state index in [1.165, 1.54) is 0 Å². The zero-order valence-corrected chi connectivity index (χ0v) is 13.5. The molecule has 0 spiro atoms. The molecular formula is C16H17ClN4O. The van der Waals surface area contributed by atoms with E-state index in [1.807, 2.05) is 20.8 Å². The number of aromatic nitrogens is 2. The van der Waals surface area contributed by atoms with E-state index in [0.717, 1.165) is 5.56 Å². The van der Waals surface area contributed by atoms with Crippen molar-refractivity contribution in [1.29, 1.82) is 5.26 Å². The highest BCUT2D eigenvalue weighted by molar-refractivity contribution is 6.30. The van der Waals surface area contributed by atoms with Crippen LogP contribution in [-0.4, -0.2) is 15.7 Å². The molecule has 2 aromatic rings. The standard InChI is InChI=1S/C16H17ClN4O/c1-11-6-14(5-4-12(11)7-18)20-15(22)16(2,3)10-21-9-13(17)8-19-21/h4-6,8-9H,10H2,1-3H3,(H,20,22). The van der Waals surface area contributed by atoms with Gasteiger partial charge in [-0.1, -0.05) is 11.6 Å².